The first kappa shape index (κ1) is 18.8. The normalized spacial score (nSPS) is 13.3. The zero-order chi connectivity index (χ0) is 20.4. The van der Waals surface area contributed by atoms with E-state index in [1.807, 2.05) is 60.2 Å². The van der Waals surface area contributed by atoms with Crippen LogP contribution >= 0.6 is 0 Å². The molecule has 2 aromatic carbocycles. The molecule has 0 spiro atoms. The second kappa shape index (κ2) is 7.83. The van der Waals surface area contributed by atoms with Crippen LogP contribution in [0.3, 0.4) is 0 Å². The zero-order valence-electron chi connectivity index (χ0n) is 16.6. The third-order valence-electron chi connectivity index (χ3n) is 5.13. The summed E-state index contributed by atoms with van der Waals surface area (Å²) in [5.41, 5.74) is 5.22. The molecule has 1 aliphatic rings. The highest BCUT2D eigenvalue weighted by atomic mass is 16.5. The van der Waals surface area contributed by atoms with Crippen molar-refractivity contribution >= 4 is 11.5 Å². The number of ether oxygens (including phenoxy) is 3. The number of benzene rings is 2. The van der Waals surface area contributed by atoms with E-state index in [1.54, 1.807) is 13.4 Å². The van der Waals surface area contributed by atoms with Crippen LogP contribution in [0.15, 0.2) is 60.6 Å². The van der Waals surface area contributed by atoms with Crippen LogP contribution in [0.25, 0.3) is 22.5 Å². The highest BCUT2D eigenvalue weighted by Crippen LogP contribution is 2.34. The second-order valence-electron chi connectivity index (χ2n) is 6.77. The molecule has 0 atom stereocenters. The zero-order valence-corrected chi connectivity index (χ0v) is 16.6. The molecular weight excluding hydrogens is 368 g/mol. The van der Waals surface area contributed by atoms with Gasteiger partial charge in [0.15, 0.2) is 0 Å². The minimum absolute atomic E-state index is 0.311. The number of carbonyl (C=O) groups excluding carboxylic acids is 1. The number of hydrogen-bond acceptors (Lipinski definition) is 5. The predicted octanol–water partition coefficient (Wildman–Crippen LogP) is 4.28. The number of carbonyl (C=O) groups is 1. The van der Waals surface area contributed by atoms with E-state index in [0.717, 1.165) is 39.6 Å². The number of rotatable bonds is 4. The fourth-order valence-electron chi connectivity index (χ4n) is 3.46. The average molecular weight is 390 g/mol. The number of esters is 1. The smallest absolute Gasteiger partial charge is 0.334 e. The molecule has 1 aromatic heterocycles. The molecular formula is C23H22N2O4. The fourth-order valence-corrected chi connectivity index (χ4v) is 3.46. The highest BCUT2D eigenvalue weighted by molar-refractivity contribution is 5.98. The third kappa shape index (κ3) is 3.61. The first-order chi connectivity index (χ1) is 14.1. The molecule has 0 radical (unpaired) electrons. The molecule has 29 heavy (non-hydrogen) atoms. The molecule has 0 bridgehead atoms. The van der Waals surface area contributed by atoms with E-state index in [2.05, 4.69) is 4.98 Å². The molecule has 0 N–H and O–H groups in total. The van der Waals surface area contributed by atoms with Crippen molar-refractivity contribution in [1.82, 2.24) is 9.55 Å². The van der Waals surface area contributed by atoms with E-state index in [-0.39, 0.29) is 5.97 Å². The van der Waals surface area contributed by atoms with Crippen LogP contribution in [0, 0.1) is 0 Å². The van der Waals surface area contributed by atoms with Crippen molar-refractivity contribution in [2.75, 3.05) is 20.8 Å². The Morgan fingerprint density at radius 3 is 2.66 bits per heavy atom. The predicted molar refractivity (Wildman–Crippen MR) is 110 cm³/mol. The van der Waals surface area contributed by atoms with Gasteiger partial charge in [0, 0.05) is 35.0 Å². The summed E-state index contributed by atoms with van der Waals surface area (Å²) in [5, 5.41) is 0. The summed E-state index contributed by atoms with van der Waals surface area (Å²) in [4.78, 5) is 16.7. The van der Waals surface area contributed by atoms with Crippen LogP contribution < -0.4 is 9.47 Å². The van der Waals surface area contributed by atoms with Gasteiger partial charge < -0.3 is 18.8 Å². The topological polar surface area (TPSA) is 62.6 Å². The van der Waals surface area contributed by atoms with Crippen LogP contribution in [0.1, 0.15) is 18.9 Å². The maximum atomic E-state index is 12.1. The van der Waals surface area contributed by atoms with E-state index >= 15 is 0 Å². The Hall–Kier alpha value is -3.54. The van der Waals surface area contributed by atoms with Crippen molar-refractivity contribution in [2.45, 2.75) is 13.3 Å². The van der Waals surface area contributed by atoms with Gasteiger partial charge in [0.2, 0.25) is 0 Å². The Morgan fingerprint density at radius 2 is 1.93 bits per heavy atom. The van der Waals surface area contributed by atoms with Gasteiger partial charge in [-0.25, -0.2) is 9.78 Å². The number of allylic oxidation sites excluding steroid dienone is 1. The molecule has 3 aromatic rings. The Morgan fingerprint density at radius 1 is 1.14 bits per heavy atom. The lowest BCUT2D eigenvalue weighted by Crippen LogP contribution is -2.08. The van der Waals surface area contributed by atoms with Gasteiger partial charge in [-0.2, -0.15) is 0 Å². The third-order valence-corrected chi connectivity index (χ3v) is 5.13. The van der Waals surface area contributed by atoms with Crippen LogP contribution in [0.4, 0.5) is 0 Å². The molecule has 148 valence electrons. The largest absolute Gasteiger partial charge is 0.497 e. The molecule has 4 rings (SSSR count). The molecule has 6 nitrogen and oxygen atoms in total. The number of nitrogens with zero attached hydrogens (tertiary/aromatic N) is 2. The molecule has 0 fully saturated rings. The van der Waals surface area contributed by atoms with Crippen LogP contribution in [-0.4, -0.2) is 36.3 Å². The van der Waals surface area contributed by atoms with E-state index in [1.165, 1.54) is 7.11 Å². The van der Waals surface area contributed by atoms with Gasteiger partial charge in [-0.15, -0.1) is 0 Å². The molecule has 0 amide bonds. The van der Waals surface area contributed by atoms with Crippen LogP contribution in [-0.2, 0) is 9.53 Å². The lowest BCUT2D eigenvalue weighted by molar-refractivity contribution is -0.136. The fraction of sp³-hybridized carbons (Fsp3) is 0.217. The van der Waals surface area contributed by atoms with Crippen molar-refractivity contribution in [1.29, 1.82) is 0 Å². The van der Waals surface area contributed by atoms with Crippen LogP contribution in [0.2, 0.25) is 0 Å². The van der Waals surface area contributed by atoms with E-state index in [4.69, 9.17) is 14.2 Å². The minimum Gasteiger partial charge on any atom is -0.497 e. The molecule has 0 aliphatic carbocycles. The summed E-state index contributed by atoms with van der Waals surface area (Å²) in [5.74, 6) is 1.26. The monoisotopic (exact) mass is 390 g/mol. The Bertz CT molecular complexity index is 1080. The Labute approximate surface area is 169 Å². The van der Waals surface area contributed by atoms with Crippen LogP contribution in [0.5, 0.6) is 11.5 Å². The van der Waals surface area contributed by atoms with Crippen molar-refractivity contribution in [3.05, 3.63) is 66.1 Å². The molecule has 6 heteroatoms. The van der Waals surface area contributed by atoms with Gasteiger partial charge in [-0.05, 0) is 55.0 Å². The maximum Gasteiger partial charge on any atom is 0.334 e. The van der Waals surface area contributed by atoms with E-state index in [9.17, 15) is 4.79 Å². The van der Waals surface area contributed by atoms with Gasteiger partial charge in [0.1, 0.15) is 11.5 Å². The van der Waals surface area contributed by atoms with Crippen molar-refractivity contribution in [3.63, 3.8) is 0 Å². The molecule has 0 saturated heterocycles. The van der Waals surface area contributed by atoms with Crippen molar-refractivity contribution in [3.8, 4) is 28.4 Å². The molecule has 0 unspecified atom stereocenters. The van der Waals surface area contributed by atoms with E-state index < -0.39 is 0 Å². The summed E-state index contributed by atoms with van der Waals surface area (Å²) in [6.07, 6.45) is 4.27. The number of aromatic nitrogens is 2. The summed E-state index contributed by atoms with van der Waals surface area (Å²) < 4.78 is 17.9. The molecule has 1 aliphatic heterocycles. The first-order valence-electron chi connectivity index (χ1n) is 9.35. The SMILES string of the molecule is COC(=O)C1=C(C)c2cc(-n3cnc(-c4ccc(OC)cc4)c3)ccc2OCC1. The summed E-state index contributed by atoms with van der Waals surface area (Å²) in [6, 6.07) is 13.7. The van der Waals surface area contributed by atoms with Gasteiger partial charge in [0.25, 0.3) is 0 Å². The summed E-state index contributed by atoms with van der Waals surface area (Å²) in [7, 11) is 3.05. The number of methoxy groups -OCH3 is 2. The Kier molecular flexibility index (Phi) is 5.08. The molecule has 0 saturated carbocycles. The van der Waals surface area contributed by atoms with Gasteiger partial charge in [-0.1, -0.05) is 0 Å². The average Bonchev–Trinajstić information content (AvgIpc) is 3.20. The minimum atomic E-state index is -0.311. The van der Waals surface area contributed by atoms with Crippen molar-refractivity contribution < 1.29 is 19.0 Å². The highest BCUT2D eigenvalue weighted by Gasteiger charge is 2.21. The lowest BCUT2D eigenvalue weighted by atomic mass is 9.99. The number of imidazole rings is 1. The Balaban J connectivity index is 1.71. The maximum absolute atomic E-state index is 12.1. The van der Waals surface area contributed by atoms with Crippen molar-refractivity contribution in [2.24, 2.45) is 0 Å². The summed E-state index contributed by atoms with van der Waals surface area (Å²) in [6.45, 7) is 2.38. The summed E-state index contributed by atoms with van der Waals surface area (Å²) >= 11 is 0. The quantitative estimate of drug-likeness (QED) is 0.623. The van der Waals surface area contributed by atoms with Gasteiger partial charge in [-0.3, -0.25) is 0 Å². The van der Waals surface area contributed by atoms with E-state index in [0.29, 0.717) is 18.6 Å². The second-order valence-corrected chi connectivity index (χ2v) is 6.77. The number of hydrogen-bond donors (Lipinski definition) is 0. The molecule has 2 heterocycles. The number of fused-ring (bicyclic) bond motifs is 1. The lowest BCUT2D eigenvalue weighted by Gasteiger charge is -2.11. The van der Waals surface area contributed by atoms with Gasteiger partial charge >= 0.3 is 5.97 Å². The van der Waals surface area contributed by atoms with Gasteiger partial charge in [0.05, 0.1) is 32.8 Å². The first-order valence-corrected chi connectivity index (χ1v) is 9.35. The standard InChI is InChI=1S/C23H22N2O4/c1-15-19(23(26)28-3)10-11-29-22-9-6-17(12-20(15)22)25-13-21(24-14-25)16-4-7-18(27-2)8-5-16/h4-9,12-14H,10-11H2,1-3H3.